The number of morpholine rings is 1. The maximum atomic E-state index is 9.50. The fourth-order valence-corrected chi connectivity index (χ4v) is 4.20. The van der Waals surface area contributed by atoms with Gasteiger partial charge in [-0.25, -0.2) is 9.97 Å². The summed E-state index contributed by atoms with van der Waals surface area (Å²) in [5.74, 6) is 2.23. The highest BCUT2D eigenvalue weighted by atomic mass is 16.5. The van der Waals surface area contributed by atoms with Gasteiger partial charge in [-0.3, -0.25) is 4.68 Å². The maximum Gasteiger partial charge on any atom is 0.134 e. The summed E-state index contributed by atoms with van der Waals surface area (Å²) in [6.45, 7) is 9.21. The van der Waals surface area contributed by atoms with Gasteiger partial charge in [-0.1, -0.05) is 0 Å². The summed E-state index contributed by atoms with van der Waals surface area (Å²) >= 11 is 0. The van der Waals surface area contributed by atoms with E-state index >= 15 is 0 Å². The monoisotopic (exact) mass is 386 g/mol. The van der Waals surface area contributed by atoms with Crippen LogP contribution in [-0.4, -0.2) is 70.4 Å². The predicted octanol–water partition coefficient (Wildman–Crippen LogP) is 1.40. The Kier molecular flexibility index (Phi) is 5.77. The van der Waals surface area contributed by atoms with Gasteiger partial charge in [-0.05, 0) is 38.7 Å². The van der Waals surface area contributed by atoms with Crippen LogP contribution < -0.4 is 9.80 Å². The zero-order valence-electron chi connectivity index (χ0n) is 16.8. The number of aromatic nitrogens is 4. The van der Waals surface area contributed by atoms with Crippen molar-refractivity contribution in [2.24, 2.45) is 5.92 Å². The van der Waals surface area contributed by atoms with E-state index in [-0.39, 0.29) is 12.7 Å². The van der Waals surface area contributed by atoms with Gasteiger partial charge in [-0.15, -0.1) is 0 Å². The van der Waals surface area contributed by atoms with Crippen molar-refractivity contribution < 1.29 is 9.84 Å². The lowest BCUT2D eigenvalue weighted by Crippen LogP contribution is -2.45. The van der Waals surface area contributed by atoms with E-state index in [0.29, 0.717) is 12.5 Å². The molecule has 4 heterocycles. The molecule has 4 rings (SSSR count). The zero-order chi connectivity index (χ0) is 19.5. The molecule has 2 aliphatic heterocycles. The van der Waals surface area contributed by atoms with E-state index in [2.05, 4.69) is 43.9 Å². The number of aryl methyl sites for hydroxylation is 2. The van der Waals surface area contributed by atoms with Crippen LogP contribution in [0.15, 0.2) is 18.5 Å². The highest BCUT2D eigenvalue weighted by molar-refractivity contribution is 5.50. The molecule has 0 spiro atoms. The Hall–Kier alpha value is -2.19. The summed E-state index contributed by atoms with van der Waals surface area (Å²) < 4.78 is 8.01. The second-order valence-corrected chi connectivity index (χ2v) is 7.92. The van der Waals surface area contributed by atoms with Gasteiger partial charge in [-0.2, -0.15) is 5.10 Å². The van der Waals surface area contributed by atoms with Crippen molar-refractivity contribution in [3.05, 3.63) is 29.8 Å². The first-order valence-electron chi connectivity index (χ1n) is 10.2. The van der Waals surface area contributed by atoms with Crippen molar-refractivity contribution in [3.8, 4) is 0 Å². The maximum absolute atomic E-state index is 9.50. The third-order valence-electron chi connectivity index (χ3n) is 5.68. The molecule has 2 aliphatic rings. The van der Waals surface area contributed by atoms with Gasteiger partial charge in [0, 0.05) is 44.5 Å². The third kappa shape index (κ3) is 4.28. The van der Waals surface area contributed by atoms with E-state index in [4.69, 9.17) is 4.74 Å². The highest BCUT2D eigenvalue weighted by Gasteiger charge is 2.25. The van der Waals surface area contributed by atoms with Crippen molar-refractivity contribution >= 4 is 11.6 Å². The van der Waals surface area contributed by atoms with E-state index in [1.54, 1.807) is 6.33 Å². The van der Waals surface area contributed by atoms with Crippen LogP contribution in [0.25, 0.3) is 0 Å². The minimum atomic E-state index is 0.0823. The van der Waals surface area contributed by atoms with Gasteiger partial charge < -0.3 is 19.6 Å². The summed E-state index contributed by atoms with van der Waals surface area (Å²) in [5, 5.41) is 14.1. The van der Waals surface area contributed by atoms with Crippen LogP contribution >= 0.6 is 0 Å². The molecule has 0 aromatic carbocycles. The van der Waals surface area contributed by atoms with Crippen LogP contribution in [0.2, 0.25) is 0 Å². The standard InChI is InChI=1S/C20H30N6O2/c1-15-8-16(2)26(23-15)12-18-11-25(6-7-28-18)20-9-19(21-14-22-20)24-5-3-4-17(10-24)13-27/h8-9,14,17-18,27H,3-7,10-13H2,1-2H3. The molecule has 2 fully saturated rings. The molecule has 152 valence electrons. The van der Waals surface area contributed by atoms with Gasteiger partial charge in [0.25, 0.3) is 0 Å². The zero-order valence-corrected chi connectivity index (χ0v) is 16.8. The van der Waals surface area contributed by atoms with E-state index in [1.165, 1.54) is 0 Å². The summed E-state index contributed by atoms with van der Waals surface area (Å²) in [5.41, 5.74) is 2.19. The Morgan fingerprint density at radius 1 is 1.11 bits per heavy atom. The lowest BCUT2D eigenvalue weighted by molar-refractivity contribution is 0.0267. The molecule has 28 heavy (non-hydrogen) atoms. The second-order valence-electron chi connectivity index (χ2n) is 7.92. The topological polar surface area (TPSA) is 79.5 Å². The number of anilines is 2. The van der Waals surface area contributed by atoms with Gasteiger partial charge in [0.05, 0.1) is 24.9 Å². The first-order valence-corrected chi connectivity index (χ1v) is 10.2. The molecule has 2 unspecified atom stereocenters. The molecule has 0 amide bonds. The molecule has 2 aromatic rings. The van der Waals surface area contributed by atoms with Crippen LogP contribution in [-0.2, 0) is 11.3 Å². The molecular formula is C20H30N6O2. The quantitative estimate of drug-likeness (QED) is 0.832. The minimum Gasteiger partial charge on any atom is -0.396 e. The first-order chi connectivity index (χ1) is 13.6. The minimum absolute atomic E-state index is 0.0823. The van der Waals surface area contributed by atoms with Crippen LogP contribution in [0.3, 0.4) is 0 Å². The Morgan fingerprint density at radius 2 is 1.89 bits per heavy atom. The molecule has 0 aliphatic carbocycles. The van der Waals surface area contributed by atoms with Crippen molar-refractivity contribution in [2.45, 2.75) is 39.3 Å². The second kappa shape index (κ2) is 8.45. The van der Waals surface area contributed by atoms with Crippen molar-refractivity contribution in [1.82, 2.24) is 19.7 Å². The molecule has 0 bridgehead atoms. The van der Waals surface area contributed by atoms with Crippen molar-refractivity contribution in [1.29, 1.82) is 0 Å². The molecular weight excluding hydrogens is 356 g/mol. The molecule has 8 heteroatoms. The van der Waals surface area contributed by atoms with Crippen LogP contribution in [0.4, 0.5) is 11.6 Å². The molecule has 0 saturated carbocycles. The Morgan fingerprint density at radius 3 is 2.61 bits per heavy atom. The lowest BCUT2D eigenvalue weighted by atomic mass is 9.99. The Labute approximate surface area is 166 Å². The van der Waals surface area contributed by atoms with Crippen LogP contribution in [0.5, 0.6) is 0 Å². The fraction of sp³-hybridized carbons (Fsp3) is 0.650. The Bertz CT molecular complexity index is 795. The number of hydrogen-bond donors (Lipinski definition) is 1. The van der Waals surface area contributed by atoms with E-state index in [0.717, 1.165) is 68.6 Å². The first kappa shape index (κ1) is 19.1. The van der Waals surface area contributed by atoms with Crippen LogP contribution in [0, 0.1) is 19.8 Å². The number of ether oxygens (including phenoxy) is 1. The number of rotatable bonds is 5. The van der Waals surface area contributed by atoms with E-state index in [1.807, 2.05) is 11.6 Å². The average molecular weight is 387 g/mol. The summed E-state index contributed by atoms with van der Waals surface area (Å²) in [7, 11) is 0. The van der Waals surface area contributed by atoms with Gasteiger partial charge >= 0.3 is 0 Å². The van der Waals surface area contributed by atoms with Crippen molar-refractivity contribution in [3.63, 3.8) is 0 Å². The molecule has 0 radical (unpaired) electrons. The van der Waals surface area contributed by atoms with Gasteiger partial charge in [0.15, 0.2) is 0 Å². The predicted molar refractivity (Wildman–Crippen MR) is 108 cm³/mol. The molecule has 8 nitrogen and oxygen atoms in total. The van der Waals surface area contributed by atoms with Crippen molar-refractivity contribution in [2.75, 3.05) is 49.2 Å². The normalized spacial score (nSPS) is 23.2. The van der Waals surface area contributed by atoms with Gasteiger partial charge in [0.1, 0.15) is 18.0 Å². The summed E-state index contributed by atoms with van der Waals surface area (Å²) in [6, 6.07) is 4.17. The molecule has 1 N–H and O–H groups in total. The smallest absolute Gasteiger partial charge is 0.134 e. The van der Waals surface area contributed by atoms with E-state index < -0.39 is 0 Å². The lowest BCUT2D eigenvalue weighted by Gasteiger charge is -2.35. The fourth-order valence-electron chi connectivity index (χ4n) is 4.20. The molecule has 2 atom stereocenters. The van der Waals surface area contributed by atoms with Crippen LogP contribution in [0.1, 0.15) is 24.2 Å². The number of hydrogen-bond acceptors (Lipinski definition) is 7. The van der Waals surface area contributed by atoms with Gasteiger partial charge in [0.2, 0.25) is 0 Å². The number of nitrogens with zero attached hydrogens (tertiary/aromatic N) is 6. The van der Waals surface area contributed by atoms with E-state index in [9.17, 15) is 5.11 Å². The average Bonchev–Trinajstić information content (AvgIpc) is 3.05. The number of aliphatic hydroxyl groups excluding tert-OH is 1. The largest absolute Gasteiger partial charge is 0.396 e. The highest BCUT2D eigenvalue weighted by Crippen LogP contribution is 2.24. The number of piperidine rings is 1. The SMILES string of the molecule is Cc1cc(C)n(CC2CN(c3cc(N4CCCC(CO)C4)ncn3)CCO2)n1. The summed E-state index contributed by atoms with van der Waals surface area (Å²) in [6.07, 6.45) is 3.91. The number of aliphatic hydroxyl groups is 1. The molecule has 2 saturated heterocycles. The summed E-state index contributed by atoms with van der Waals surface area (Å²) in [4.78, 5) is 13.6. The molecule has 2 aromatic heterocycles. The third-order valence-corrected chi connectivity index (χ3v) is 5.68. The Balaban J connectivity index is 1.44.